The quantitative estimate of drug-likeness (QED) is 0.877. The van der Waals surface area contributed by atoms with E-state index in [1.165, 1.54) is 17.0 Å². The normalized spacial score (nSPS) is 14.4. The molecular formula is C16H22Cl2N4OS. The van der Waals surface area contributed by atoms with Gasteiger partial charge < -0.3 is 15.5 Å². The Morgan fingerprint density at radius 3 is 2.54 bits per heavy atom. The van der Waals surface area contributed by atoms with Crippen molar-refractivity contribution in [2.75, 3.05) is 31.1 Å². The molecule has 1 amide bonds. The number of amides is 1. The largest absolute Gasteiger partial charge is 0.370 e. The fourth-order valence-electron chi connectivity index (χ4n) is 2.68. The van der Waals surface area contributed by atoms with Crippen molar-refractivity contribution in [3.05, 3.63) is 46.4 Å². The van der Waals surface area contributed by atoms with Gasteiger partial charge in [-0.05, 0) is 18.6 Å². The predicted molar refractivity (Wildman–Crippen MR) is 104 cm³/mol. The highest BCUT2D eigenvalue weighted by atomic mass is 35.5. The lowest BCUT2D eigenvalue weighted by Crippen LogP contribution is -2.35. The molecule has 1 aromatic carbocycles. The third-order valence-corrected chi connectivity index (χ3v) is 4.72. The smallest absolute Gasteiger partial charge is 0.273 e. The lowest BCUT2D eigenvalue weighted by atomic mass is 10.3. The predicted octanol–water partition coefficient (Wildman–Crippen LogP) is 2.80. The van der Waals surface area contributed by atoms with Crippen LogP contribution in [0.5, 0.6) is 0 Å². The van der Waals surface area contributed by atoms with Crippen LogP contribution in [0.25, 0.3) is 0 Å². The van der Waals surface area contributed by atoms with Crippen molar-refractivity contribution in [1.29, 1.82) is 0 Å². The number of anilines is 1. The topological polar surface area (TPSA) is 62.5 Å². The van der Waals surface area contributed by atoms with Crippen LogP contribution in [0, 0.1) is 0 Å². The van der Waals surface area contributed by atoms with Crippen molar-refractivity contribution in [2.45, 2.75) is 13.0 Å². The van der Waals surface area contributed by atoms with Crippen LogP contribution in [0.15, 0.2) is 35.7 Å². The average Bonchev–Trinajstić information content (AvgIpc) is 2.92. The molecule has 8 heteroatoms. The zero-order valence-electron chi connectivity index (χ0n) is 13.3. The maximum atomic E-state index is 12.5. The SMILES string of the molecule is Cl.Cl.NCc1nc(C(=O)N2CCCN(c3ccccc3)CC2)cs1. The third-order valence-electron chi connectivity index (χ3n) is 3.85. The van der Waals surface area contributed by atoms with Crippen LogP contribution in [-0.4, -0.2) is 42.0 Å². The molecule has 2 heterocycles. The van der Waals surface area contributed by atoms with Crippen molar-refractivity contribution in [3.63, 3.8) is 0 Å². The van der Waals surface area contributed by atoms with Gasteiger partial charge in [0.05, 0.1) is 0 Å². The minimum Gasteiger partial charge on any atom is -0.370 e. The van der Waals surface area contributed by atoms with E-state index in [-0.39, 0.29) is 30.7 Å². The first-order chi connectivity index (χ1) is 10.8. The molecule has 1 aliphatic rings. The number of para-hydroxylation sites is 1. The molecule has 5 nitrogen and oxygen atoms in total. The number of nitrogens with zero attached hydrogens (tertiary/aromatic N) is 3. The van der Waals surface area contributed by atoms with Gasteiger partial charge in [-0.3, -0.25) is 4.79 Å². The molecule has 0 atom stereocenters. The summed E-state index contributed by atoms with van der Waals surface area (Å²) in [6.07, 6.45) is 0.967. The van der Waals surface area contributed by atoms with Crippen molar-refractivity contribution >= 4 is 47.7 Å². The fourth-order valence-corrected chi connectivity index (χ4v) is 3.33. The molecule has 0 bridgehead atoms. The van der Waals surface area contributed by atoms with Gasteiger partial charge in [0.15, 0.2) is 0 Å². The number of hydrogen-bond donors (Lipinski definition) is 1. The van der Waals surface area contributed by atoms with E-state index in [9.17, 15) is 4.79 Å². The summed E-state index contributed by atoms with van der Waals surface area (Å²) in [4.78, 5) is 21.1. The maximum absolute atomic E-state index is 12.5. The van der Waals surface area contributed by atoms with Gasteiger partial charge in [-0.15, -0.1) is 36.2 Å². The molecule has 132 valence electrons. The average molecular weight is 389 g/mol. The van der Waals surface area contributed by atoms with Crippen LogP contribution in [0.1, 0.15) is 21.9 Å². The number of thiazole rings is 1. The lowest BCUT2D eigenvalue weighted by Gasteiger charge is -2.23. The van der Waals surface area contributed by atoms with Crippen LogP contribution in [-0.2, 0) is 6.54 Å². The highest BCUT2D eigenvalue weighted by Crippen LogP contribution is 2.17. The number of carbonyl (C=O) groups is 1. The Morgan fingerprint density at radius 1 is 1.12 bits per heavy atom. The summed E-state index contributed by atoms with van der Waals surface area (Å²) < 4.78 is 0. The number of aromatic nitrogens is 1. The molecular weight excluding hydrogens is 367 g/mol. The maximum Gasteiger partial charge on any atom is 0.273 e. The molecule has 0 radical (unpaired) electrons. The van der Waals surface area contributed by atoms with E-state index in [0.717, 1.165) is 37.6 Å². The van der Waals surface area contributed by atoms with Crippen LogP contribution in [0.2, 0.25) is 0 Å². The van der Waals surface area contributed by atoms with Gasteiger partial charge in [-0.25, -0.2) is 4.98 Å². The van der Waals surface area contributed by atoms with Crippen molar-refractivity contribution in [2.24, 2.45) is 5.73 Å². The van der Waals surface area contributed by atoms with Gasteiger partial charge in [0.2, 0.25) is 0 Å². The van der Waals surface area contributed by atoms with Gasteiger partial charge >= 0.3 is 0 Å². The van der Waals surface area contributed by atoms with E-state index in [1.807, 2.05) is 28.5 Å². The second kappa shape index (κ2) is 9.84. The van der Waals surface area contributed by atoms with Crippen molar-refractivity contribution in [1.82, 2.24) is 9.88 Å². The first-order valence-electron chi connectivity index (χ1n) is 7.51. The minimum atomic E-state index is 0. The van der Waals surface area contributed by atoms with Crippen LogP contribution < -0.4 is 10.6 Å². The Balaban J connectivity index is 0.00000144. The van der Waals surface area contributed by atoms with Gasteiger partial charge in [-0.2, -0.15) is 0 Å². The zero-order valence-corrected chi connectivity index (χ0v) is 15.7. The molecule has 3 rings (SSSR count). The van der Waals surface area contributed by atoms with Crippen LogP contribution >= 0.6 is 36.2 Å². The Bertz CT molecular complexity index is 638. The molecule has 1 aromatic heterocycles. The molecule has 1 fully saturated rings. The summed E-state index contributed by atoms with van der Waals surface area (Å²) in [6.45, 7) is 3.71. The Hall–Kier alpha value is -1.34. The monoisotopic (exact) mass is 388 g/mol. The van der Waals surface area contributed by atoms with Gasteiger partial charge in [0.25, 0.3) is 5.91 Å². The molecule has 1 aliphatic heterocycles. The molecule has 0 aliphatic carbocycles. The van der Waals surface area contributed by atoms with E-state index < -0.39 is 0 Å². The number of benzene rings is 1. The molecule has 1 saturated heterocycles. The summed E-state index contributed by atoms with van der Waals surface area (Å²) in [5, 5.41) is 2.62. The van der Waals surface area contributed by atoms with Gasteiger partial charge in [-0.1, -0.05) is 18.2 Å². The van der Waals surface area contributed by atoms with Crippen molar-refractivity contribution < 1.29 is 4.79 Å². The minimum absolute atomic E-state index is 0. The first-order valence-corrected chi connectivity index (χ1v) is 8.39. The number of rotatable bonds is 3. The van der Waals surface area contributed by atoms with Crippen LogP contribution in [0.3, 0.4) is 0 Å². The Kier molecular flexibility index (Phi) is 8.48. The molecule has 2 N–H and O–H groups in total. The van der Waals surface area contributed by atoms with E-state index in [1.54, 1.807) is 0 Å². The molecule has 24 heavy (non-hydrogen) atoms. The van der Waals surface area contributed by atoms with E-state index >= 15 is 0 Å². The highest BCUT2D eigenvalue weighted by molar-refractivity contribution is 7.09. The Morgan fingerprint density at radius 2 is 1.88 bits per heavy atom. The van der Waals surface area contributed by atoms with Gasteiger partial charge in [0.1, 0.15) is 10.7 Å². The second-order valence-electron chi connectivity index (χ2n) is 5.30. The van der Waals surface area contributed by atoms with Gasteiger partial charge in [0, 0.05) is 43.8 Å². The Labute approximate surface area is 158 Å². The van der Waals surface area contributed by atoms with E-state index in [4.69, 9.17) is 5.73 Å². The number of nitrogens with two attached hydrogens (primary N) is 1. The second-order valence-corrected chi connectivity index (χ2v) is 6.24. The fraction of sp³-hybridized carbons (Fsp3) is 0.375. The zero-order chi connectivity index (χ0) is 15.4. The molecule has 0 saturated carbocycles. The summed E-state index contributed by atoms with van der Waals surface area (Å²) in [5.41, 5.74) is 7.31. The molecule has 0 spiro atoms. The summed E-state index contributed by atoms with van der Waals surface area (Å²) in [7, 11) is 0. The number of halogens is 2. The summed E-state index contributed by atoms with van der Waals surface area (Å²) in [6, 6.07) is 10.4. The third kappa shape index (κ3) is 4.83. The van der Waals surface area contributed by atoms with E-state index in [0.29, 0.717) is 12.2 Å². The number of hydrogen-bond acceptors (Lipinski definition) is 5. The first kappa shape index (κ1) is 20.7. The standard InChI is InChI=1S/C16H20N4OS.2ClH/c17-11-15-18-14(12-22-15)16(21)20-8-4-7-19(9-10-20)13-5-2-1-3-6-13;;/h1-3,5-6,12H,4,7-11,17H2;2*1H. The molecule has 0 unspecified atom stereocenters. The summed E-state index contributed by atoms with van der Waals surface area (Å²) in [5.74, 6) is 0.0193. The lowest BCUT2D eigenvalue weighted by molar-refractivity contribution is 0.0762. The summed E-state index contributed by atoms with van der Waals surface area (Å²) >= 11 is 1.45. The number of carbonyl (C=O) groups excluding carboxylic acids is 1. The highest BCUT2D eigenvalue weighted by Gasteiger charge is 2.22. The van der Waals surface area contributed by atoms with Crippen molar-refractivity contribution in [3.8, 4) is 0 Å². The van der Waals surface area contributed by atoms with Crippen LogP contribution in [0.4, 0.5) is 5.69 Å². The van der Waals surface area contributed by atoms with E-state index in [2.05, 4.69) is 22.0 Å². The molecule has 2 aromatic rings.